The van der Waals surface area contributed by atoms with Crippen LogP contribution in [-0.4, -0.2) is 69.1 Å². The number of β-lactam (4-membered cyclic amide) rings is 1. The summed E-state index contributed by atoms with van der Waals surface area (Å²) in [6.45, 7) is 5.08. The molecule has 12 nitrogen and oxygen atoms in total. The summed E-state index contributed by atoms with van der Waals surface area (Å²) in [6.07, 6.45) is 1.54. The number of aromatic nitrogens is 2. The molecule has 2 amide bonds. The lowest BCUT2D eigenvalue weighted by molar-refractivity contribution is -0.152. The van der Waals surface area contributed by atoms with Crippen LogP contribution in [0.3, 0.4) is 0 Å². The van der Waals surface area contributed by atoms with Crippen LogP contribution in [0.4, 0.5) is 5.13 Å². The zero-order valence-electron chi connectivity index (χ0n) is 30.6. The molecule has 0 saturated carbocycles. The van der Waals surface area contributed by atoms with Crippen LogP contribution in [0.5, 0.6) is 0 Å². The van der Waals surface area contributed by atoms with Crippen LogP contribution in [0.15, 0.2) is 132 Å². The number of hydrogen-bond donors (Lipinski definition) is 4. The molecule has 6 rings (SSSR count). The van der Waals surface area contributed by atoms with Crippen molar-refractivity contribution in [1.29, 1.82) is 0 Å². The van der Waals surface area contributed by atoms with Gasteiger partial charge in [-0.05, 0) is 49.6 Å². The molecule has 2 unspecified atom stereocenters. The van der Waals surface area contributed by atoms with Gasteiger partial charge < -0.3 is 30.6 Å². The predicted octanol–water partition coefficient (Wildman–Crippen LogP) is 6.28. The Bertz CT molecular complexity index is 2080. The van der Waals surface area contributed by atoms with Gasteiger partial charge in [0.1, 0.15) is 30.0 Å². The van der Waals surface area contributed by atoms with E-state index in [0.29, 0.717) is 10.8 Å². The molecule has 14 heteroatoms. The molecule has 2 atom stereocenters. The smallest absolute Gasteiger partial charge is 0.375 e. The number of thioether (sulfide) groups is 1. The highest BCUT2D eigenvalue weighted by atomic mass is 32.2. The Balaban J connectivity index is 1.23. The molecule has 0 aliphatic carbocycles. The van der Waals surface area contributed by atoms with Gasteiger partial charge >= 0.3 is 5.97 Å². The van der Waals surface area contributed by atoms with E-state index in [1.165, 1.54) is 24.6 Å². The molecule has 3 aromatic carbocycles. The van der Waals surface area contributed by atoms with E-state index < -0.39 is 46.8 Å². The second-order valence-corrected chi connectivity index (χ2v) is 15.3. The number of pyridine rings is 1. The van der Waals surface area contributed by atoms with Crippen LogP contribution >= 0.6 is 23.1 Å². The Kier molecular flexibility index (Phi) is 12.0. The second kappa shape index (κ2) is 17.0. The fourth-order valence-corrected chi connectivity index (χ4v) is 7.85. The molecule has 2 aromatic heterocycles. The van der Waals surface area contributed by atoms with Gasteiger partial charge in [0.25, 0.3) is 5.91 Å². The molecule has 55 heavy (non-hydrogen) atoms. The minimum absolute atomic E-state index is 0.126. The third-order valence-corrected chi connectivity index (χ3v) is 10.4. The van der Waals surface area contributed by atoms with Gasteiger partial charge in [0.15, 0.2) is 10.8 Å². The molecule has 282 valence electrons. The SMILES string of the molecule is CO/N=C(\C(=O)NC1C(=O)NC1CSC(=C(O)C(=O)OC(C)(C)C)c1ccccn1)c1csc(NC(c2ccccc2)(c2ccccc2)c2ccccc2)n1. The van der Waals surface area contributed by atoms with Gasteiger partial charge in [0.05, 0.1) is 16.6 Å². The first-order valence-corrected chi connectivity index (χ1v) is 19.2. The molecule has 5 aromatic rings. The number of rotatable bonds is 14. The number of oxime groups is 1. The zero-order chi connectivity index (χ0) is 39.0. The quantitative estimate of drug-likeness (QED) is 0.0192. The highest BCUT2D eigenvalue weighted by Gasteiger charge is 2.42. The van der Waals surface area contributed by atoms with E-state index in [9.17, 15) is 19.5 Å². The van der Waals surface area contributed by atoms with Crippen LogP contribution in [-0.2, 0) is 29.5 Å². The van der Waals surface area contributed by atoms with Crippen LogP contribution in [0.2, 0.25) is 0 Å². The van der Waals surface area contributed by atoms with Gasteiger partial charge in [-0.1, -0.05) is 102 Å². The van der Waals surface area contributed by atoms with Crippen molar-refractivity contribution in [1.82, 2.24) is 20.6 Å². The molecule has 3 heterocycles. The van der Waals surface area contributed by atoms with Gasteiger partial charge in [-0.25, -0.2) is 9.78 Å². The maximum Gasteiger partial charge on any atom is 0.375 e. The molecule has 0 bridgehead atoms. The largest absolute Gasteiger partial charge is 0.501 e. The monoisotopic (exact) mass is 776 g/mol. The minimum Gasteiger partial charge on any atom is -0.501 e. The number of nitrogens with one attached hydrogen (secondary N) is 3. The predicted molar refractivity (Wildman–Crippen MR) is 214 cm³/mol. The van der Waals surface area contributed by atoms with E-state index in [1.807, 2.05) is 54.6 Å². The number of benzene rings is 3. The summed E-state index contributed by atoms with van der Waals surface area (Å²) in [5, 5.41) is 26.4. The Hall–Kier alpha value is -5.99. The maximum absolute atomic E-state index is 13.8. The van der Waals surface area contributed by atoms with E-state index in [4.69, 9.17) is 14.6 Å². The highest BCUT2D eigenvalue weighted by molar-refractivity contribution is 8.08. The normalized spacial score (nSPS) is 16.2. The summed E-state index contributed by atoms with van der Waals surface area (Å²) >= 11 is 2.39. The third kappa shape index (κ3) is 8.88. The molecule has 1 fully saturated rings. The molecule has 1 saturated heterocycles. The number of aliphatic hydroxyl groups is 1. The molecule has 0 radical (unpaired) electrons. The molecule has 1 aliphatic rings. The van der Waals surface area contributed by atoms with E-state index in [-0.39, 0.29) is 22.1 Å². The first-order chi connectivity index (χ1) is 26.5. The lowest BCUT2D eigenvalue weighted by Crippen LogP contribution is -2.70. The minimum atomic E-state index is -0.950. The van der Waals surface area contributed by atoms with E-state index in [1.54, 1.807) is 44.4 Å². The number of hydrogen-bond acceptors (Lipinski definition) is 12. The number of anilines is 1. The number of nitrogens with zero attached hydrogens (tertiary/aromatic N) is 3. The molecular formula is C41H40N6O6S2. The number of amides is 2. The fourth-order valence-electron chi connectivity index (χ4n) is 5.99. The van der Waals surface area contributed by atoms with Crippen molar-refractivity contribution in [3.05, 3.63) is 155 Å². The van der Waals surface area contributed by atoms with Crippen molar-refractivity contribution in [2.75, 3.05) is 18.2 Å². The van der Waals surface area contributed by atoms with Crippen molar-refractivity contribution in [2.45, 2.75) is 44.0 Å². The van der Waals surface area contributed by atoms with Crippen LogP contribution < -0.4 is 16.0 Å². The van der Waals surface area contributed by atoms with Gasteiger partial charge in [0, 0.05) is 17.3 Å². The third-order valence-electron chi connectivity index (χ3n) is 8.47. The summed E-state index contributed by atoms with van der Waals surface area (Å²) in [7, 11) is 1.32. The number of aliphatic hydroxyl groups excluding tert-OH is 1. The molecule has 4 N–H and O–H groups in total. The Morgan fingerprint density at radius 3 is 1.98 bits per heavy atom. The first kappa shape index (κ1) is 38.7. The number of carbonyl (C=O) groups excluding carboxylic acids is 3. The fraction of sp³-hybridized carbons (Fsp3) is 0.220. The van der Waals surface area contributed by atoms with Crippen LogP contribution in [0.1, 0.15) is 48.8 Å². The van der Waals surface area contributed by atoms with Crippen LogP contribution in [0, 0.1) is 0 Å². The van der Waals surface area contributed by atoms with Crippen molar-refractivity contribution in [2.24, 2.45) is 5.16 Å². The van der Waals surface area contributed by atoms with Crippen LogP contribution in [0.25, 0.3) is 4.91 Å². The summed E-state index contributed by atoms with van der Waals surface area (Å²) in [4.78, 5) is 53.7. The Morgan fingerprint density at radius 1 is 0.891 bits per heavy atom. The van der Waals surface area contributed by atoms with Gasteiger partial charge in [-0.2, -0.15) is 0 Å². The molecule has 0 spiro atoms. The lowest BCUT2D eigenvalue weighted by atomic mass is 9.77. The van der Waals surface area contributed by atoms with Crippen molar-refractivity contribution >= 4 is 56.6 Å². The number of ether oxygens (including phenoxy) is 1. The van der Waals surface area contributed by atoms with Gasteiger partial charge in [-0.3, -0.25) is 14.6 Å². The summed E-state index contributed by atoms with van der Waals surface area (Å²) in [6, 6.07) is 33.7. The molecule has 1 aliphatic heterocycles. The Morgan fingerprint density at radius 2 is 1.47 bits per heavy atom. The summed E-state index contributed by atoms with van der Waals surface area (Å²) < 4.78 is 5.38. The summed E-state index contributed by atoms with van der Waals surface area (Å²) in [5.41, 5.74) is 1.71. The topological polar surface area (TPSA) is 164 Å². The van der Waals surface area contributed by atoms with Crippen molar-refractivity contribution in [3.8, 4) is 0 Å². The maximum atomic E-state index is 13.8. The summed E-state index contributed by atoms with van der Waals surface area (Å²) in [5.74, 6) is -2.42. The highest BCUT2D eigenvalue weighted by Crippen LogP contribution is 2.40. The van der Waals surface area contributed by atoms with Gasteiger partial charge in [-0.15, -0.1) is 23.1 Å². The number of carbonyl (C=O) groups is 3. The van der Waals surface area contributed by atoms with Gasteiger partial charge in [0.2, 0.25) is 11.7 Å². The Labute approximate surface area is 327 Å². The number of esters is 1. The van der Waals surface area contributed by atoms with E-state index in [0.717, 1.165) is 28.5 Å². The zero-order valence-corrected chi connectivity index (χ0v) is 32.2. The van der Waals surface area contributed by atoms with E-state index in [2.05, 4.69) is 62.5 Å². The van der Waals surface area contributed by atoms with Crippen molar-refractivity contribution in [3.63, 3.8) is 0 Å². The average molecular weight is 777 g/mol. The van der Waals surface area contributed by atoms with Crippen molar-refractivity contribution < 1.29 is 29.1 Å². The standard InChI is InChI=1S/C41H40N6O6S2/c1-40(2,3)53-38(51)34(48)35(29-22-14-15-23-42-29)54-24-30-32(36(49)43-30)45-37(50)33(47-52-4)31-25-55-39(44-31)46-41(26-16-8-5-9-17-26,27-18-10-6-11-19-27)28-20-12-7-13-21-28/h5-23,25,30,32,48H,24H2,1-4H3,(H,43,49)(H,44,46)(H,45,50)/b35-34?,47-33-. The average Bonchev–Trinajstić information content (AvgIpc) is 3.66. The first-order valence-electron chi connectivity index (χ1n) is 17.3. The lowest BCUT2D eigenvalue weighted by Gasteiger charge is -2.37. The molecular weight excluding hydrogens is 737 g/mol. The number of thiazole rings is 1. The van der Waals surface area contributed by atoms with E-state index >= 15 is 0 Å². The second-order valence-electron chi connectivity index (χ2n) is 13.4.